The topological polar surface area (TPSA) is 30.3 Å². The van der Waals surface area contributed by atoms with Crippen molar-refractivity contribution in [3.63, 3.8) is 0 Å². The Bertz CT molecular complexity index is 272. The molecule has 0 spiro atoms. The molecule has 0 saturated heterocycles. The minimum Gasteiger partial charge on any atom is -0.293 e. The van der Waals surface area contributed by atoms with E-state index in [0.29, 0.717) is 6.04 Å². The van der Waals surface area contributed by atoms with Crippen LogP contribution in [0.15, 0.2) is 11.8 Å². The summed E-state index contributed by atoms with van der Waals surface area (Å²) in [5.74, 6) is 0. The van der Waals surface area contributed by atoms with Crippen LogP contribution >= 0.6 is 0 Å². The Hall–Kier alpha value is -1.01. The van der Waals surface area contributed by atoms with Gasteiger partial charge in [0.1, 0.15) is 5.54 Å². The maximum absolute atomic E-state index is 9.00. The van der Waals surface area contributed by atoms with Crippen molar-refractivity contribution in [1.29, 1.82) is 5.26 Å². The summed E-state index contributed by atoms with van der Waals surface area (Å²) in [5.41, 5.74) is 0.839. The Kier molecular flexibility index (Phi) is 2.36. The first kappa shape index (κ1) is 10.1. The van der Waals surface area contributed by atoms with Gasteiger partial charge in [0.25, 0.3) is 0 Å². The van der Waals surface area contributed by atoms with Gasteiger partial charge in [0.05, 0.1) is 6.07 Å². The lowest BCUT2D eigenvalue weighted by molar-refractivity contribution is -0.00605. The van der Waals surface area contributed by atoms with Crippen molar-refractivity contribution in [2.24, 2.45) is 0 Å². The average Bonchev–Trinajstić information content (AvgIpc) is 2.33. The van der Waals surface area contributed by atoms with E-state index in [1.54, 1.807) is 0 Å². The van der Waals surface area contributed by atoms with Crippen LogP contribution in [-0.2, 0) is 0 Å². The molecule has 1 rings (SSSR count). The molecule has 0 aromatic carbocycles. The van der Waals surface area contributed by atoms with E-state index in [0.717, 1.165) is 0 Å². The van der Waals surface area contributed by atoms with Gasteiger partial charge in [-0.25, -0.2) is 5.01 Å². The summed E-state index contributed by atoms with van der Waals surface area (Å²) in [5, 5.41) is 13.1. The molecule has 0 aromatic heterocycles. The van der Waals surface area contributed by atoms with E-state index in [1.807, 2.05) is 32.1 Å². The highest BCUT2D eigenvalue weighted by Gasteiger charge is 2.34. The number of rotatable bonds is 1. The van der Waals surface area contributed by atoms with Crippen LogP contribution in [0, 0.1) is 11.3 Å². The molecule has 1 heterocycles. The lowest BCUT2D eigenvalue weighted by atomic mass is 10.1. The molecule has 1 atom stereocenters. The van der Waals surface area contributed by atoms with Gasteiger partial charge in [-0.1, -0.05) is 0 Å². The average molecular weight is 179 g/mol. The second kappa shape index (κ2) is 3.04. The van der Waals surface area contributed by atoms with Gasteiger partial charge in [0, 0.05) is 19.3 Å². The fourth-order valence-corrected chi connectivity index (χ4v) is 1.48. The Labute approximate surface area is 80.2 Å². The van der Waals surface area contributed by atoms with Crippen LogP contribution < -0.4 is 0 Å². The van der Waals surface area contributed by atoms with Gasteiger partial charge in [-0.05, 0) is 33.3 Å². The van der Waals surface area contributed by atoms with E-state index in [2.05, 4.69) is 24.9 Å². The summed E-state index contributed by atoms with van der Waals surface area (Å²) in [7, 11) is 2.01. The van der Waals surface area contributed by atoms with Crippen LogP contribution in [0.1, 0.15) is 27.7 Å². The molecule has 1 unspecified atom stereocenters. The minimum atomic E-state index is -0.458. The Morgan fingerprint density at radius 2 is 2.08 bits per heavy atom. The fraction of sp³-hybridized carbons (Fsp3) is 0.700. The molecule has 1 aliphatic rings. The maximum Gasteiger partial charge on any atom is 0.136 e. The number of hydrogen-bond donors (Lipinski definition) is 0. The minimum absolute atomic E-state index is 0.396. The van der Waals surface area contributed by atoms with E-state index in [1.165, 1.54) is 5.57 Å². The van der Waals surface area contributed by atoms with Crippen molar-refractivity contribution in [2.75, 3.05) is 7.05 Å². The Balaban J connectivity index is 2.93. The molecule has 0 aromatic rings. The van der Waals surface area contributed by atoms with Gasteiger partial charge in [0.15, 0.2) is 0 Å². The zero-order chi connectivity index (χ0) is 10.2. The number of likely N-dealkylation sites (N-methyl/N-ethyl adjacent to an activating group) is 1. The van der Waals surface area contributed by atoms with E-state index in [9.17, 15) is 0 Å². The first-order chi connectivity index (χ1) is 5.90. The first-order valence-electron chi connectivity index (χ1n) is 4.52. The zero-order valence-corrected chi connectivity index (χ0v) is 9.00. The summed E-state index contributed by atoms with van der Waals surface area (Å²) in [6.07, 6.45) is 2.05. The largest absolute Gasteiger partial charge is 0.293 e. The van der Waals surface area contributed by atoms with Gasteiger partial charge in [-0.15, -0.1) is 0 Å². The van der Waals surface area contributed by atoms with Crippen LogP contribution in [-0.4, -0.2) is 28.6 Å². The van der Waals surface area contributed by atoms with Crippen LogP contribution in [0.2, 0.25) is 0 Å². The van der Waals surface area contributed by atoms with Crippen LogP contribution in [0.3, 0.4) is 0 Å². The number of hydrogen-bond acceptors (Lipinski definition) is 3. The second-order valence-corrected chi connectivity index (χ2v) is 4.14. The van der Waals surface area contributed by atoms with Crippen molar-refractivity contribution in [1.82, 2.24) is 10.0 Å². The monoisotopic (exact) mass is 179 g/mol. The van der Waals surface area contributed by atoms with Gasteiger partial charge < -0.3 is 0 Å². The van der Waals surface area contributed by atoms with E-state index in [-0.39, 0.29) is 0 Å². The first-order valence-corrected chi connectivity index (χ1v) is 4.52. The summed E-state index contributed by atoms with van der Waals surface area (Å²) in [6.45, 7) is 8.07. The summed E-state index contributed by atoms with van der Waals surface area (Å²) < 4.78 is 0. The van der Waals surface area contributed by atoms with E-state index >= 15 is 0 Å². The SMILES string of the molecule is CC1=CN(C(C)(C)C#N)N(C)C1C. The highest BCUT2D eigenvalue weighted by Crippen LogP contribution is 2.27. The summed E-state index contributed by atoms with van der Waals surface area (Å²) >= 11 is 0. The van der Waals surface area contributed by atoms with E-state index in [4.69, 9.17) is 5.26 Å². The molecule has 0 N–H and O–H groups in total. The molecule has 0 radical (unpaired) electrons. The van der Waals surface area contributed by atoms with Crippen molar-refractivity contribution >= 4 is 0 Å². The highest BCUT2D eigenvalue weighted by atomic mass is 15.7. The predicted molar refractivity (Wildman–Crippen MR) is 52.5 cm³/mol. The zero-order valence-electron chi connectivity index (χ0n) is 9.00. The molecular weight excluding hydrogens is 162 g/mol. The smallest absolute Gasteiger partial charge is 0.136 e. The molecule has 0 saturated carbocycles. The molecule has 0 amide bonds. The van der Waals surface area contributed by atoms with Crippen molar-refractivity contribution in [3.8, 4) is 6.07 Å². The molecule has 3 heteroatoms. The van der Waals surface area contributed by atoms with Crippen molar-refractivity contribution in [2.45, 2.75) is 39.3 Å². The quantitative estimate of drug-likeness (QED) is 0.614. The molecule has 0 bridgehead atoms. The Morgan fingerprint density at radius 1 is 1.54 bits per heavy atom. The number of nitrogens with zero attached hydrogens (tertiary/aromatic N) is 3. The lowest BCUT2D eigenvalue weighted by Gasteiger charge is -2.37. The van der Waals surface area contributed by atoms with E-state index < -0.39 is 5.54 Å². The van der Waals surface area contributed by atoms with Crippen LogP contribution in [0.25, 0.3) is 0 Å². The highest BCUT2D eigenvalue weighted by molar-refractivity contribution is 5.16. The summed E-state index contributed by atoms with van der Waals surface area (Å²) in [6, 6.07) is 2.69. The molecule has 72 valence electrons. The lowest BCUT2D eigenvalue weighted by Crippen LogP contribution is -2.48. The van der Waals surface area contributed by atoms with Gasteiger partial charge in [-0.2, -0.15) is 5.26 Å². The van der Waals surface area contributed by atoms with Gasteiger partial charge in [-0.3, -0.25) is 5.01 Å². The molecule has 13 heavy (non-hydrogen) atoms. The molecule has 0 aliphatic carbocycles. The molecule has 1 aliphatic heterocycles. The number of nitriles is 1. The number of hydrazine groups is 1. The second-order valence-electron chi connectivity index (χ2n) is 4.14. The summed E-state index contributed by atoms with van der Waals surface area (Å²) in [4.78, 5) is 0. The molecule has 3 nitrogen and oxygen atoms in total. The maximum atomic E-state index is 9.00. The third kappa shape index (κ3) is 1.54. The predicted octanol–water partition coefficient (Wildman–Crippen LogP) is 1.74. The van der Waals surface area contributed by atoms with Gasteiger partial charge in [0.2, 0.25) is 0 Å². The molecule has 0 fully saturated rings. The normalized spacial score (nSPS) is 24.5. The third-order valence-electron chi connectivity index (χ3n) is 2.73. The van der Waals surface area contributed by atoms with Crippen molar-refractivity contribution < 1.29 is 0 Å². The molecular formula is C10H17N3. The third-order valence-corrected chi connectivity index (χ3v) is 2.73. The fourth-order valence-electron chi connectivity index (χ4n) is 1.48. The van der Waals surface area contributed by atoms with Crippen molar-refractivity contribution in [3.05, 3.63) is 11.8 Å². The van der Waals surface area contributed by atoms with Gasteiger partial charge >= 0.3 is 0 Å². The standard InChI is InChI=1S/C10H17N3/c1-8-6-13(10(3,4)7-11)12(5)9(8)2/h6,9H,1-5H3. The van der Waals surface area contributed by atoms with Crippen LogP contribution in [0.4, 0.5) is 0 Å². The Morgan fingerprint density at radius 3 is 2.38 bits per heavy atom. The van der Waals surface area contributed by atoms with Crippen LogP contribution in [0.5, 0.6) is 0 Å².